The van der Waals surface area contributed by atoms with E-state index in [2.05, 4.69) is 16.0 Å². The van der Waals surface area contributed by atoms with Crippen molar-refractivity contribution < 1.29 is 14.5 Å². The van der Waals surface area contributed by atoms with E-state index in [0.717, 1.165) is 5.56 Å². The summed E-state index contributed by atoms with van der Waals surface area (Å²) in [6.07, 6.45) is 0. The number of anilines is 1. The van der Waals surface area contributed by atoms with Gasteiger partial charge in [0.05, 0.1) is 16.5 Å². The highest BCUT2D eigenvalue weighted by Gasteiger charge is 2.31. The van der Waals surface area contributed by atoms with Gasteiger partial charge in [-0.05, 0) is 49.2 Å². The number of halogens is 1. The lowest BCUT2D eigenvalue weighted by atomic mass is 9.94. The summed E-state index contributed by atoms with van der Waals surface area (Å²) in [6.45, 7) is 3.41. The minimum Gasteiger partial charge on any atom is -0.327 e. The zero-order valence-electron chi connectivity index (χ0n) is 15.1. The highest BCUT2D eigenvalue weighted by molar-refractivity contribution is 6.31. The summed E-state index contributed by atoms with van der Waals surface area (Å²) < 4.78 is 0. The third-order valence-corrected chi connectivity index (χ3v) is 4.88. The molecule has 0 aromatic heterocycles. The molecule has 3 amide bonds. The number of benzene rings is 2. The molecule has 1 heterocycles. The molecule has 0 saturated heterocycles. The van der Waals surface area contributed by atoms with Crippen LogP contribution in [0.15, 0.2) is 53.7 Å². The third kappa shape index (κ3) is 3.81. The van der Waals surface area contributed by atoms with Crippen molar-refractivity contribution in [3.05, 3.63) is 80.0 Å². The molecule has 0 bridgehead atoms. The smallest absolute Gasteiger partial charge is 0.319 e. The number of hydrogen-bond donors (Lipinski definition) is 3. The van der Waals surface area contributed by atoms with Gasteiger partial charge in [0.25, 0.3) is 11.6 Å². The van der Waals surface area contributed by atoms with Crippen LogP contribution >= 0.6 is 11.6 Å². The van der Waals surface area contributed by atoms with E-state index in [1.54, 1.807) is 32.0 Å². The van der Waals surface area contributed by atoms with Crippen molar-refractivity contribution in [1.29, 1.82) is 0 Å². The van der Waals surface area contributed by atoms with Crippen molar-refractivity contribution in [3.8, 4) is 0 Å². The maximum atomic E-state index is 13.0. The van der Waals surface area contributed by atoms with Crippen LogP contribution in [-0.4, -0.2) is 16.9 Å². The second kappa shape index (κ2) is 7.69. The molecule has 1 aliphatic rings. The van der Waals surface area contributed by atoms with Crippen LogP contribution in [0.25, 0.3) is 0 Å². The zero-order valence-corrected chi connectivity index (χ0v) is 15.8. The fraction of sp³-hybridized carbons (Fsp3) is 0.158. The van der Waals surface area contributed by atoms with Gasteiger partial charge in [-0.1, -0.05) is 17.7 Å². The second-order valence-corrected chi connectivity index (χ2v) is 6.69. The Labute approximate surface area is 165 Å². The molecule has 28 heavy (non-hydrogen) atoms. The number of nitro benzene ring substituents is 1. The van der Waals surface area contributed by atoms with E-state index in [-0.39, 0.29) is 5.69 Å². The summed E-state index contributed by atoms with van der Waals surface area (Å²) in [4.78, 5) is 35.3. The van der Waals surface area contributed by atoms with Gasteiger partial charge in [0.1, 0.15) is 0 Å². The molecule has 0 aliphatic carbocycles. The van der Waals surface area contributed by atoms with Crippen LogP contribution in [0.5, 0.6) is 0 Å². The Kier molecular flexibility index (Phi) is 5.32. The van der Waals surface area contributed by atoms with Gasteiger partial charge in [-0.3, -0.25) is 14.9 Å². The molecule has 0 spiro atoms. The molecular formula is C19H17ClN4O4. The van der Waals surface area contributed by atoms with E-state index in [1.807, 2.05) is 0 Å². The summed E-state index contributed by atoms with van der Waals surface area (Å²) in [5, 5.41) is 19.5. The number of urea groups is 1. The van der Waals surface area contributed by atoms with E-state index < -0.39 is 22.9 Å². The molecule has 3 N–H and O–H groups in total. The van der Waals surface area contributed by atoms with E-state index in [9.17, 15) is 19.7 Å². The predicted molar refractivity (Wildman–Crippen MR) is 105 cm³/mol. The van der Waals surface area contributed by atoms with Gasteiger partial charge < -0.3 is 16.0 Å². The van der Waals surface area contributed by atoms with Crippen molar-refractivity contribution in [1.82, 2.24) is 10.6 Å². The largest absolute Gasteiger partial charge is 0.327 e. The van der Waals surface area contributed by atoms with E-state index in [0.29, 0.717) is 27.5 Å². The maximum Gasteiger partial charge on any atom is 0.319 e. The quantitative estimate of drug-likeness (QED) is 0.534. The number of hydrogen-bond acceptors (Lipinski definition) is 4. The number of carbonyl (C=O) groups excluding carboxylic acids is 2. The van der Waals surface area contributed by atoms with Gasteiger partial charge in [-0.25, -0.2) is 4.79 Å². The van der Waals surface area contributed by atoms with Crippen molar-refractivity contribution in [2.24, 2.45) is 0 Å². The SMILES string of the molecule is CC1=C(C(=O)Nc2cccc(Cl)c2C)[C@H](c2ccc([N+](=O)[O-])cc2)NC(=O)N1. The topological polar surface area (TPSA) is 113 Å². The summed E-state index contributed by atoms with van der Waals surface area (Å²) in [7, 11) is 0. The molecule has 8 nitrogen and oxygen atoms in total. The Morgan fingerprint density at radius 3 is 2.50 bits per heavy atom. The van der Waals surface area contributed by atoms with Gasteiger partial charge in [-0.15, -0.1) is 0 Å². The summed E-state index contributed by atoms with van der Waals surface area (Å²) >= 11 is 6.11. The molecule has 144 valence electrons. The number of rotatable bonds is 4. The first-order valence-corrected chi connectivity index (χ1v) is 8.75. The molecule has 1 aliphatic heterocycles. The number of allylic oxidation sites excluding steroid dienone is 1. The number of nitrogens with zero attached hydrogens (tertiary/aromatic N) is 1. The number of amides is 3. The molecular weight excluding hydrogens is 384 g/mol. The van der Waals surface area contributed by atoms with Gasteiger partial charge >= 0.3 is 6.03 Å². The molecule has 3 rings (SSSR count). The summed E-state index contributed by atoms with van der Waals surface area (Å²) in [6, 6.07) is 9.64. The molecule has 0 unspecified atom stereocenters. The van der Waals surface area contributed by atoms with E-state index in [1.165, 1.54) is 24.3 Å². The number of non-ortho nitro benzene ring substituents is 1. The predicted octanol–water partition coefficient (Wildman–Crippen LogP) is 3.82. The van der Waals surface area contributed by atoms with Crippen LogP contribution in [0.2, 0.25) is 5.02 Å². The van der Waals surface area contributed by atoms with Crippen molar-refractivity contribution in [2.75, 3.05) is 5.32 Å². The monoisotopic (exact) mass is 400 g/mol. The van der Waals surface area contributed by atoms with E-state index >= 15 is 0 Å². The summed E-state index contributed by atoms with van der Waals surface area (Å²) in [5.74, 6) is -0.418. The van der Waals surface area contributed by atoms with Crippen LogP contribution in [-0.2, 0) is 4.79 Å². The molecule has 0 saturated carbocycles. The molecule has 2 aromatic rings. The Balaban J connectivity index is 1.96. The average Bonchev–Trinajstić information content (AvgIpc) is 2.64. The van der Waals surface area contributed by atoms with Crippen LogP contribution in [0, 0.1) is 17.0 Å². The first kappa shape index (κ1) is 19.4. The fourth-order valence-corrected chi connectivity index (χ4v) is 3.14. The van der Waals surface area contributed by atoms with Crippen molar-refractivity contribution in [2.45, 2.75) is 19.9 Å². The molecule has 0 fully saturated rings. The second-order valence-electron chi connectivity index (χ2n) is 6.29. The lowest BCUT2D eigenvalue weighted by molar-refractivity contribution is -0.384. The average molecular weight is 401 g/mol. The first-order chi connectivity index (χ1) is 13.3. The number of nitro groups is 1. The Morgan fingerprint density at radius 2 is 1.86 bits per heavy atom. The van der Waals surface area contributed by atoms with Crippen LogP contribution in [0.1, 0.15) is 24.1 Å². The Bertz CT molecular complexity index is 1000. The van der Waals surface area contributed by atoms with Gasteiger partial charge in [-0.2, -0.15) is 0 Å². The minimum atomic E-state index is -0.756. The zero-order chi connectivity index (χ0) is 20.4. The highest BCUT2D eigenvalue weighted by atomic mass is 35.5. The van der Waals surface area contributed by atoms with Crippen molar-refractivity contribution in [3.63, 3.8) is 0 Å². The van der Waals surface area contributed by atoms with Crippen LogP contribution in [0.4, 0.5) is 16.2 Å². The van der Waals surface area contributed by atoms with Crippen LogP contribution < -0.4 is 16.0 Å². The summed E-state index contributed by atoms with van der Waals surface area (Å²) in [5.41, 5.74) is 2.43. The highest BCUT2D eigenvalue weighted by Crippen LogP contribution is 2.30. The molecule has 1 atom stereocenters. The van der Waals surface area contributed by atoms with Gasteiger partial charge in [0, 0.05) is 28.5 Å². The van der Waals surface area contributed by atoms with Gasteiger partial charge in [0.2, 0.25) is 0 Å². The standard InChI is InChI=1S/C19H17ClN4O4/c1-10-14(20)4-3-5-15(10)22-18(25)16-11(2)21-19(26)23-17(16)12-6-8-13(9-7-12)24(27)28/h3-9,17H,1-2H3,(H,22,25)(H2,21,23,26)/t17-/m0/s1. The minimum absolute atomic E-state index is 0.0785. The fourth-order valence-electron chi connectivity index (χ4n) is 2.97. The maximum absolute atomic E-state index is 13.0. The lowest BCUT2D eigenvalue weighted by Gasteiger charge is -2.28. The molecule has 2 aromatic carbocycles. The lowest BCUT2D eigenvalue weighted by Crippen LogP contribution is -2.46. The van der Waals surface area contributed by atoms with Gasteiger partial charge in [0.15, 0.2) is 0 Å². The van der Waals surface area contributed by atoms with Crippen LogP contribution in [0.3, 0.4) is 0 Å². The number of nitrogens with one attached hydrogen (secondary N) is 3. The first-order valence-electron chi connectivity index (χ1n) is 8.37. The number of carbonyl (C=O) groups is 2. The Morgan fingerprint density at radius 1 is 1.18 bits per heavy atom. The Hall–Kier alpha value is -3.39. The normalized spacial score (nSPS) is 16.2. The third-order valence-electron chi connectivity index (χ3n) is 4.47. The molecule has 0 radical (unpaired) electrons. The van der Waals surface area contributed by atoms with E-state index in [4.69, 9.17) is 11.6 Å². The van der Waals surface area contributed by atoms with Crippen molar-refractivity contribution >= 4 is 34.9 Å². The molecule has 9 heteroatoms.